The van der Waals surface area contributed by atoms with Gasteiger partial charge in [0, 0.05) is 6.42 Å². The number of carbonyl (C=O) groups excluding carboxylic acids is 1. The first-order chi connectivity index (χ1) is 35.5. The quantitative estimate of drug-likeness (QED) is 0.0272. The summed E-state index contributed by atoms with van der Waals surface area (Å²) in [6, 6.07) is -0.893. The molecule has 0 aliphatic rings. The van der Waals surface area contributed by atoms with Crippen molar-refractivity contribution in [3.63, 3.8) is 0 Å². The molecule has 3 unspecified atom stereocenters. The third kappa shape index (κ3) is 56.7. The molecule has 0 radical (unpaired) electrons. The predicted molar refractivity (Wildman–Crippen MR) is 316 cm³/mol. The van der Waals surface area contributed by atoms with Gasteiger partial charge in [-0.3, -0.25) is 9.36 Å². The lowest BCUT2D eigenvalue weighted by atomic mass is 10.0. The third-order valence-corrected chi connectivity index (χ3v) is 13.7. The molecule has 0 saturated carbocycles. The molecule has 0 aromatic carbocycles. The molecule has 0 spiro atoms. The SMILES string of the molecule is CC/C=C\C/C=C\C/C=C\C/C=C\C/C=C\C/C=C\C/C=C\C/C=C\CCCCCCCCCCCCCCC(=O)NC(COP(=O)([O-])OCC[N+](C)(C)C)C(O)/C=C/CCCCCCCCCCCCCC. The number of hydrogen-bond acceptors (Lipinski definition) is 6. The standard InChI is InChI=1S/C64H113N2O6P/c1-6-8-10-12-14-16-18-20-22-23-24-25-26-27-28-29-30-31-32-33-34-35-36-37-38-39-40-41-42-43-44-46-48-50-52-54-56-58-64(68)65-62(61-72-73(69,70)71-60-59-66(3,4)5)63(67)57-55-53-51-49-47-45-21-19-17-15-13-11-9-7-2/h8,10,14,16,20,22,24-25,27-28,30-31,33-34,36-37,55,57,62-63,67H,6-7,9,11-13,15,17-19,21,23,26,29,32,35,38-54,56,58-61H2,1-5H3,(H-,65,68,69,70)/b10-8-,16-14-,22-20-,25-24-,28-27-,31-30-,34-33-,37-36-,57-55+. The van der Waals surface area contributed by atoms with Crippen molar-refractivity contribution in [2.24, 2.45) is 0 Å². The minimum absolute atomic E-state index is 0.00533. The maximum Gasteiger partial charge on any atom is 0.268 e. The van der Waals surface area contributed by atoms with Gasteiger partial charge in [-0.15, -0.1) is 0 Å². The van der Waals surface area contributed by atoms with E-state index in [0.717, 1.165) is 89.9 Å². The maximum atomic E-state index is 13.0. The van der Waals surface area contributed by atoms with Crippen molar-refractivity contribution >= 4 is 13.7 Å². The van der Waals surface area contributed by atoms with Crippen LogP contribution in [0.4, 0.5) is 0 Å². The monoisotopic (exact) mass is 1040 g/mol. The Bertz CT molecular complexity index is 1550. The molecule has 2 N–H and O–H groups in total. The molecule has 420 valence electrons. The number of phosphoric ester groups is 1. The first kappa shape index (κ1) is 70.2. The Balaban J connectivity index is 4.09. The van der Waals surface area contributed by atoms with Crippen molar-refractivity contribution in [3.8, 4) is 0 Å². The van der Waals surface area contributed by atoms with E-state index in [0.29, 0.717) is 17.4 Å². The van der Waals surface area contributed by atoms with E-state index < -0.39 is 20.0 Å². The van der Waals surface area contributed by atoms with Gasteiger partial charge < -0.3 is 28.8 Å². The summed E-state index contributed by atoms with van der Waals surface area (Å²) in [5.74, 6) is -0.203. The Hall–Kier alpha value is -2.84. The van der Waals surface area contributed by atoms with Crippen LogP contribution in [0.5, 0.6) is 0 Å². The number of nitrogens with one attached hydrogen (secondary N) is 1. The van der Waals surface area contributed by atoms with E-state index in [1.54, 1.807) is 6.08 Å². The molecule has 0 fully saturated rings. The van der Waals surface area contributed by atoms with Crippen molar-refractivity contribution in [1.29, 1.82) is 0 Å². The van der Waals surface area contributed by atoms with Gasteiger partial charge in [0.05, 0.1) is 39.9 Å². The summed E-state index contributed by atoms with van der Waals surface area (Å²) in [5, 5.41) is 13.9. The summed E-state index contributed by atoms with van der Waals surface area (Å²) in [4.78, 5) is 25.5. The molecule has 73 heavy (non-hydrogen) atoms. The fourth-order valence-electron chi connectivity index (χ4n) is 8.11. The summed E-state index contributed by atoms with van der Waals surface area (Å²) in [5.41, 5.74) is 0. The molecule has 0 aliphatic carbocycles. The number of amides is 1. The molecular formula is C64H113N2O6P. The van der Waals surface area contributed by atoms with Crippen LogP contribution in [0.3, 0.4) is 0 Å². The number of aliphatic hydroxyl groups excluding tert-OH is 1. The van der Waals surface area contributed by atoms with E-state index in [2.05, 4.69) is 116 Å². The van der Waals surface area contributed by atoms with E-state index >= 15 is 0 Å². The lowest BCUT2D eigenvalue weighted by molar-refractivity contribution is -0.870. The molecule has 0 aromatic heterocycles. The first-order valence-electron chi connectivity index (χ1n) is 29.7. The number of hydrogen-bond donors (Lipinski definition) is 2. The zero-order valence-electron chi connectivity index (χ0n) is 47.8. The van der Waals surface area contributed by atoms with E-state index in [9.17, 15) is 19.4 Å². The van der Waals surface area contributed by atoms with Gasteiger partial charge in [0.1, 0.15) is 13.2 Å². The van der Waals surface area contributed by atoms with E-state index in [1.165, 1.54) is 128 Å². The number of aliphatic hydroxyl groups is 1. The average molecular weight is 1040 g/mol. The highest BCUT2D eigenvalue weighted by Gasteiger charge is 2.23. The number of allylic oxidation sites excluding steroid dienone is 17. The second kappa shape index (κ2) is 54.0. The van der Waals surface area contributed by atoms with Gasteiger partial charge in [-0.2, -0.15) is 0 Å². The average Bonchev–Trinajstić information content (AvgIpc) is 3.35. The Morgan fingerprint density at radius 2 is 0.836 bits per heavy atom. The van der Waals surface area contributed by atoms with Gasteiger partial charge in [-0.1, -0.05) is 258 Å². The normalized spacial score (nSPS) is 14.7. The highest BCUT2D eigenvalue weighted by molar-refractivity contribution is 7.45. The highest BCUT2D eigenvalue weighted by Crippen LogP contribution is 2.38. The molecular weight excluding hydrogens is 924 g/mol. The summed E-state index contributed by atoms with van der Waals surface area (Å²) in [6.45, 7) is 4.53. The van der Waals surface area contributed by atoms with Crippen LogP contribution in [-0.4, -0.2) is 68.5 Å². The lowest BCUT2D eigenvalue weighted by Crippen LogP contribution is -2.45. The van der Waals surface area contributed by atoms with Crippen LogP contribution in [0.25, 0.3) is 0 Å². The molecule has 0 aliphatic heterocycles. The zero-order valence-corrected chi connectivity index (χ0v) is 48.7. The Kier molecular flexibility index (Phi) is 51.9. The van der Waals surface area contributed by atoms with E-state index in [-0.39, 0.29) is 19.1 Å². The summed E-state index contributed by atoms with van der Waals surface area (Å²) < 4.78 is 23.3. The molecule has 0 aromatic rings. The largest absolute Gasteiger partial charge is 0.756 e. The number of nitrogens with zero attached hydrogens (tertiary/aromatic N) is 1. The van der Waals surface area contributed by atoms with Crippen LogP contribution >= 0.6 is 7.82 Å². The molecule has 3 atom stereocenters. The predicted octanol–water partition coefficient (Wildman–Crippen LogP) is 17.7. The first-order valence-corrected chi connectivity index (χ1v) is 31.2. The van der Waals surface area contributed by atoms with Gasteiger partial charge in [0.2, 0.25) is 5.91 Å². The van der Waals surface area contributed by atoms with Crippen molar-refractivity contribution in [2.75, 3.05) is 40.9 Å². The van der Waals surface area contributed by atoms with Crippen LogP contribution in [0, 0.1) is 0 Å². The minimum Gasteiger partial charge on any atom is -0.756 e. The summed E-state index contributed by atoms with van der Waals surface area (Å²) in [6.07, 6.45) is 78.8. The smallest absolute Gasteiger partial charge is 0.268 e. The lowest BCUT2D eigenvalue weighted by Gasteiger charge is -2.29. The molecule has 0 heterocycles. The molecule has 9 heteroatoms. The Labute approximate surface area is 451 Å². The topological polar surface area (TPSA) is 108 Å². The number of rotatable bonds is 53. The van der Waals surface area contributed by atoms with Crippen LogP contribution < -0.4 is 10.2 Å². The maximum absolute atomic E-state index is 13.0. The fraction of sp³-hybridized carbons (Fsp3) is 0.703. The molecule has 0 bridgehead atoms. The Morgan fingerprint density at radius 3 is 1.22 bits per heavy atom. The third-order valence-electron chi connectivity index (χ3n) is 12.7. The van der Waals surface area contributed by atoms with Crippen molar-refractivity contribution in [2.45, 2.75) is 251 Å². The zero-order chi connectivity index (χ0) is 53.5. The van der Waals surface area contributed by atoms with Gasteiger partial charge in [-0.05, 0) is 83.5 Å². The van der Waals surface area contributed by atoms with Crippen molar-refractivity contribution < 1.29 is 32.9 Å². The van der Waals surface area contributed by atoms with E-state index in [1.807, 2.05) is 27.2 Å². The van der Waals surface area contributed by atoms with Crippen molar-refractivity contribution in [3.05, 3.63) is 109 Å². The van der Waals surface area contributed by atoms with Gasteiger partial charge in [-0.25, -0.2) is 0 Å². The van der Waals surface area contributed by atoms with Gasteiger partial charge >= 0.3 is 0 Å². The highest BCUT2D eigenvalue weighted by atomic mass is 31.2. The second-order valence-corrected chi connectivity index (χ2v) is 22.4. The van der Waals surface area contributed by atoms with Gasteiger partial charge in [0.25, 0.3) is 7.82 Å². The second-order valence-electron chi connectivity index (χ2n) is 21.0. The molecule has 0 saturated heterocycles. The number of carbonyl (C=O) groups is 1. The molecule has 0 rings (SSSR count). The number of quaternary nitrogens is 1. The van der Waals surface area contributed by atoms with Crippen LogP contribution in [0.15, 0.2) is 109 Å². The molecule has 1 amide bonds. The van der Waals surface area contributed by atoms with Gasteiger partial charge in [0.15, 0.2) is 0 Å². The fourth-order valence-corrected chi connectivity index (χ4v) is 8.83. The summed E-state index contributed by atoms with van der Waals surface area (Å²) in [7, 11) is 1.25. The number of likely N-dealkylation sites (N-methyl/N-ethyl adjacent to an activating group) is 1. The van der Waals surface area contributed by atoms with E-state index in [4.69, 9.17) is 9.05 Å². The van der Waals surface area contributed by atoms with Crippen LogP contribution in [0.2, 0.25) is 0 Å². The van der Waals surface area contributed by atoms with Crippen LogP contribution in [-0.2, 0) is 18.4 Å². The minimum atomic E-state index is -4.60. The number of unbranched alkanes of at least 4 members (excludes halogenated alkanes) is 24. The number of phosphoric acid groups is 1. The van der Waals surface area contributed by atoms with Crippen LogP contribution in [0.1, 0.15) is 239 Å². The summed E-state index contributed by atoms with van der Waals surface area (Å²) >= 11 is 0. The Morgan fingerprint density at radius 1 is 0.493 bits per heavy atom. The molecule has 8 nitrogen and oxygen atoms in total. The van der Waals surface area contributed by atoms with Crippen molar-refractivity contribution in [1.82, 2.24) is 5.32 Å².